The first-order chi connectivity index (χ1) is 14.9. The highest BCUT2D eigenvalue weighted by Gasteiger charge is 2.35. The van der Waals surface area contributed by atoms with Gasteiger partial charge < -0.3 is 19.8 Å². The van der Waals surface area contributed by atoms with Crippen molar-refractivity contribution >= 4 is 17.5 Å². The molecular formula is C22H22FN5O3. The maximum atomic E-state index is 13.0. The van der Waals surface area contributed by atoms with Gasteiger partial charge in [0, 0.05) is 31.3 Å². The Morgan fingerprint density at radius 1 is 1.19 bits per heavy atom. The number of imidazole rings is 1. The van der Waals surface area contributed by atoms with Crippen LogP contribution >= 0.6 is 0 Å². The number of carbonyl (C=O) groups is 2. The summed E-state index contributed by atoms with van der Waals surface area (Å²) in [6, 6.07) is 7.92. The summed E-state index contributed by atoms with van der Waals surface area (Å²) < 4.78 is 16.1. The van der Waals surface area contributed by atoms with Crippen molar-refractivity contribution in [1.82, 2.24) is 19.4 Å². The Kier molecular flexibility index (Phi) is 5.66. The summed E-state index contributed by atoms with van der Waals surface area (Å²) in [6.07, 6.45) is 6.99. The molecule has 4 rings (SSSR count). The fourth-order valence-corrected chi connectivity index (χ4v) is 3.44. The zero-order valence-corrected chi connectivity index (χ0v) is 16.9. The van der Waals surface area contributed by atoms with Gasteiger partial charge in [-0.3, -0.25) is 14.4 Å². The van der Waals surface area contributed by atoms with Gasteiger partial charge in [-0.1, -0.05) is 0 Å². The number of pyridine rings is 1. The molecule has 2 aromatic heterocycles. The first-order valence-electron chi connectivity index (χ1n) is 9.95. The Hall–Kier alpha value is -3.75. The SMILES string of the molecule is Cn1ccnc1[C@H](NC(=O)Cn1cccc(C(=O)Nc2ccc(F)cc2)c1=O)C1CC1. The van der Waals surface area contributed by atoms with Crippen molar-refractivity contribution in [1.29, 1.82) is 0 Å². The average molecular weight is 423 g/mol. The lowest BCUT2D eigenvalue weighted by atomic mass is 10.1. The Bertz CT molecular complexity index is 1160. The van der Waals surface area contributed by atoms with Crippen LogP contribution in [0.3, 0.4) is 0 Å². The van der Waals surface area contributed by atoms with E-state index >= 15 is 0 Å². The Morgan fingerprint density at radius 3 is 2.58 bits per heavy atom. The van der Waals surface area contributed by atoms with Gasteiger partial charge in [0.25, 0.3) is 11.5 Å². The van der Waals surface area contributed by atoms with E-state index in [9.17, 15) is 18.8 Å². The zero-order chi connectivity index (χ0) is 22.0. The molecule has 1 aliphatic carbocycles. The molecule has 0 bridgehead atoms. The van der Waals surface area contributed by atoms with E-state index in [-0.39, 0.29) is 24.1 Å². The molecule has 0 spiro atoms. The third kappa shape index (κ3) is 4.71. The van der Waals surface area contributed by atoms with Gasteiger partial charge in [-0.25, -0.2) is 9.37 Å². The van der Waals surface area contributed by atoms with Crippen molar-refractivity contribution in [2.24, 2.45) is 13.0 Å². The molecule has 0 aliphatic heterocycles. The minimum absolute atomic E-state index is 0.109. The van der Waals surface area contributed by atoms with Crippen molar-refractivity contribution in [3.8, 4) is 0 Å². The summed E-state index contributed by atoms with van der Waals surface area (Å²) in [5.41, 5.74) is -0.332. The van der Waals surface area contributed by atoms with Gasteiger partial charge in [0.15, 0.2) is 0 Å². The van der Waals surface area contributed by atoms with E-state index in [1.807, 2.05) is 17.8 Å². The molecule has 1 fully saturated rings. The number of rotatable bonds is 7. The molecule has 160 valence electrons. The van der Waals surface area contributed by atoms with Crippen LogP contribution in [-0.4, -0.2) is 25.9 Å². The van der Waals surface area contributed by atoms with Crippen LogP contribution in [0.15, 0.2) is 59.8 Å². The molecule has 1 saturated carbocycles. The van der Waals surface area contributed by atoms with E-state index in [0.29, 0.717) is 11.6 Å². The van der Waals surface area contributed by atoms with Crippen LogP contribution in [0.1, 0.15) is 35.1 Å². The van der Waals surface area contributed by atoms with Gasteiger partial charge in [-0.05, 0) is 55.2 Å². The van der Waals surface area contributed by atoms with E-state index in [4.69, 9.17) is 0 Å². The number of nitrogens with zero attached hydrogens (tertiary/aromatic N) is 3. The molecular weight excluding hydrogens is 401 g/mol. The van der Waals surface area contributed by atoms with Crippen LogP contribution in [-0.2, 0) is 18.4 Å². The monoisotopic (exact) mass is 423 g/mol. The van der Waals surface area contributed by atoms with Gasteiger partial charge in [-0.2, -0.15) is 0 Å². The molecule has 31 heavy (non-hydrogen) atoms. The lowest BCUT2D eigenvalue weighted by molar-refractivity contribution is -0.122. The molecule has 3 aromatic rings. The van der Waals surface area contributed by atoms with E-state index < -0.39 is 17.3 Å². The first-order valence-corrected chi connectivity index (χ1v) is 9.95. The van der Waals surface area contributed by atoms with Crippen molar-refractivity contribution in [2.45, 2.75) is 25.4 Å². The summed E-state index contributed by atoms with van der Waals surface area (Å²) in [4.78, 5) is 42.3. The molecule has 0 unspecified atom stereocenters. The number of halogens is 1. The molecule has 9 heteroatoms. The standard InChI is InChI=1S/C22H22FN5O3/c1-27-12-10-24-20(27)19(14-4-5-14)26-18(29)13-28-11-2-3-17(22(28)31)21(30)25-16-8-6-15(23)7-9-16/h2-3,6-12,14,19H,4-5,13H2,1H3,(H,25,30)(H,26,29)/t19-/m1/s1. The number of nitrogens with one attached hydrogen (secondary N) is 2. The van der Waals surface area contributed by atoms with Crippen LogP contribution in [0, 0.1) is 11.7 Å². The van der Waals surface area contributed by atoms with E-state index in [0.717, 1.165) is 18.7 Å². The van der Waals surface area contributed by atoms with Crippen LogP contribution in [0.2, 0.25) is 0 Å². The van der Waals surface area contributed by atoms with Crippen LogP contribution in [0.4, 0.5) is 10.1 Å². The minimum atomic E-state index is -0.629. The minimum Gasteiger partial charge on any atom is -0.344 e. The first kappa shape index (κ1) is 20.5. The van der Waals surface area contributed by atoms with E-state index in [1.165, 1.54) is 47.2 Å². The number of anilines is 1. The summed E-state index contributed by atoms with van der Waals surface area (Å²) in [5, 5.41) is 5.53. The smallest absolute Gasteiger partial charge is 0.263 e. The molecule has 0 saturated heterocycles. The second kappa shape index (κ2) is 8.55. The summed E-state index contributed by atoms with van der Waals surface area (Å²) in [7, 11) is 1.87. The Labute approximate surface area is 177 Å². The topological polar surface area (TPSA) is 98.0 Å². The molecule has 2 amide bonds. The van der Waals surface area contributed by atoms with Crippen molar-refractivity contribution in [3.05, 3.63) is 82.5 Å². The second-order valence-corrected chi connectivity index (χ2v) is 7.59. The number of amides is 2. The van der Waals surface area contributed by atoms with E-state index in [1.54, 1.807) is 6.20 Å². The predicted octanol–water partition coefficient (Wildman–Crippen LogP) is 2.24. The van der Waals surface area contributed by atoms with Gasteiger partial charge in [0.05, 0.1) is 6.04 Å². The number of carbonyl (C=O) groups excluding carboxylic acids is 2. The fourth-order valence-electron chi connectivity index (χ4n) is 3.44. The summed E-state index contributed by atoms with van der Waals surface area (Å²) in [5.74, 6) is -0.292. The highest BCUT2D eigenvalue weighted by molar-refractivity contribution is 6.04. The van der Waals surface area contributed by atoms with Crippen molar-refractivity contribution in [3.63, 3.8) is 0 Å². The zero-order valence-electron chi connectivity index (χ0n) is 16.9. The van der Waals surface area contributed by atoms with Gasteiger partial charge in [0.1, 0.15) is 23.7 Å². The molecule has 1 atom stereocenters. The lowest BCUT2D eigenvalue weighted by Crippen LogP contribution is -2.37. The van der Waals surface area contributed by atoms with Crippen LogP contribution in [0.5, 0.6) is 0 Å². The molecule has 0 radical (unpaired) electrons. The van der Waals surface area contributed by atoms with Gasteiger partial charge >= 0.3 is 0 Å². The molecule has 2 N–H and O–H groups in total. The van der Waals surface area contributed by atoms with Gasteiger partial charge in [-0.15, -0.1) is 0 Å². The molecule has 1 aliphatic rings. The third-order valence-corrected chi connectivity index (χ3v) is 5.23. The van der Waals surface area contributed by atoms with Gasteiger partial charge in [0.2, 0.25) is 5.91 Å². The Morgan fingerprint density at radius 2 is 1.94 bits per heavy atom. The maximum Gasteiger partial charge on any atom is 0.263 e. The maximum absolute atomic E-state index is 13.0. The predicted molar refractivity (Wildman–Crippen MR) is 112 cm³/mol. The summed E-state index contributed by atoms with van der Waals surface area (Å²) in [6.45, 7) is -0.218. The molecule has 8 nitrogen and oxygen atoms in total. The largest absolute Gasteiger partial charge is 0.344 e. The van der Waals surface area contributed by atoms with Crippen molar-refractivity contribution in [2.75, 3.05) is 5.32 Å². The number of aryl methyl sites for hydroxylation is 1. The molecule has 1 aromatic carbocycles. The number of hydrogen-bond donors (Lipinski definition) is 2. The fraction of sp³-hybridized carbons (Fsp3) is 0.273. The Balaban J connectivity index is 1.47. The molecule has 2 heterocycles. The quantitative estimate of drug-likeness (QED) is 0.609. The van der Waals surface area contributed by atoms with Crippen molar-refractivity contribution < 1.29 is 14.0 Å². The highest BCUT2D eigenvalue weighted by atomic mass is 19.1. The normalized spacial score (nSPS) is 14.1. The summed E-state index contributed by atoms with van der Waals surface area (Å²) >= 11 is 0. The number of benzene rings is 1. The second-order valence-electron chi connectivity index (χ2n) is 7.59. The third-order valence-electron chi connectivity index (χ3n) is 5.23. The lowest BCUT2D eigenvalue weighted by Gasteiger charge is -2.18. The number of hydrogen-bond acceptors (Lipinski definition) is 4. The number of aromatic nitrogens is 3. The average Bonchev–Trinajstić information content (AvgIpc) is 3.50. The van der Waals surface area contributed by atoms with Crippen LogP contribution in [0.25, 0.3) is 0 Å². The highest BCUT2D eigenvalue weighted by Crippen LogP contribution is 2.40. The van der Waals surface area contributed by atoms with E-state index in [2.05, 4.69) is 15.6 Å². The van der Waals surface area contributed by atoms with Crippen LogP contribution < -0.4 is 16.2 Å².